The molecule has 4 aromatic heterocycles. The van der Waals surface area contributed by atoms with Gasteiger partial charge < -0.3 is 60.7 Å². The molecule has 0 saturated carbocycles. The van der Waals surface area contributed by atoms with Crippen LogP contribution in [-0.2, 0) is 49.9 Å². The van der Waals surface area contributed by atoms with Gasteiger partial charge in [-0.15, -0.1) is 0 Å². The quantitative estimate of drug-likeness (QED) is 0.0430. The topological polar surface area (TPSA) is 440 Å². The number of hydrogen-bond donors (Lipinski definition) is 8. The second-order valence-electron chi connectivity index (χ2n) is 10.9. The largest absolute Gasteiger partial charge is 1.00 e. The van der Waals surface area contributed by atoms with Gasteiger partial charge in [0.2, 0.25) is 0 Å². The molecule has 12 atom stereocenters. The van der Waals surface area contributed by atoms with Gasteiger partial charge in [-0.1, -0.05) is 0 Å². The molecule has 0 spiro atoms. The van der Waals surface area contributed by atoms with Crippen molar-refractivity contribution in [3.8, 4) is 0 Å². The maximum Gasteiger partial charge on any atom is 1.00 e. The van der Waals surface area contributed by atoms with Crippen molar-refractivity contribution in [1.29, 1.82) is 0 Å². The third-order valence-electron chi connectivity index (χ3n) is 7.43. The normalized spacial score (nSPS) is 29.8. The van der Waals surface area contributed by atoms with Crippen LogP contribution in [0.1, 0.15) is 12.5 Å². The zero-order valence-electron chi connectivity index (χ0n) is 27.9. The fraction of sp³-hybridized carbons (Fsp3) is 0.500. The van der Waals surface area contributed by atoms with Gasteiger partial charge in [-0.05, 0) is 0 Å². The number of nitrogens with zero attached hydrogens (tertiary/aromatic N) is 8. The number of imidazole rings is 2. The molecule has 2 aliphatic heterocycles. The number of nitrogen functional groups attached to an aromatic ring is 2. The Hall–Kier alpha value is -0.980. The molecule has 0 aliphatic carbocycles. The van der Waals surface area contributed by atoms with Crippen LogP contribution in [0.4, 0.5) is 11.6 Å². The van der Waals surface area contributed by atoms with Gasteiger partial charge in [-0.25, -0.2) is 47.7 Å². The molecule has 10 N–H and O–H groups in total. The molecule has 6 heterocycles. The molecule has 35 heteroatoms. The van der Waals surface area contributed by atoms with Gasteiger partial charge in [0.05, 0.1) is 25.9 Å². The smallest absolute Gasteiger partial charge is 0.756 e. The van der Waals surface area contributed by atoms with Crippen LogP contribution in [0.25, 0.3) is 22.3 Å². The molecule has 2 aliphatic rings. The predicted octanol–water partition coefficient (Wildman–Crippen LogP) is -9.70. The Morgan fingerprint density at radius 3 is 1.69 bits per heavy atom. The molecule has 4 aromatic rings. The molecule has 0 amide bonds. The SMILES string of the molecule is Nc1ncnc2c1ncn2[C@@H]1O[C@H](COP(=O)(O)O[C@H]2[C@@H](O)[C@H](n3cnc4c(N)ncnc43)O[C@@H]2COP(=O)(O)OP(=O)([O-])OP(=O)([O-])O)[C@@H](O)[C@H]1O.[Na+].[Na+]. The monoisotopic (exact) mass is 880 g/mol. The Morgan fingerprint density at radius 2 is 1.16 bits per heavy atom. The Balaban J connectivity index is 0.00000336. The van der Waals surface area contributed by atoms with Crippen LogP contribution in [0.2, 0.25) is 0 Å². The van der Waals surface area contributed by atoms with E-state index in [9.17, 15) is 53.2 Å². The summed E-state index contributed by atoms with van der Waals surface area (Å²) in [7, 11) is -23.5. The van der Waals surface area contributed by atoms with Crippen molar-refractivity contribution >= 4 is 65.3 Å². The Bertz CT molecular complexity index is 2200. The summed E-state index contributed by atoms with van der Waals surface area (Å²) in [6.45, 7) is -2.23. The summed E-state index contributed by atoms with van der Waals surface area (Å²) in [5, 5.41) is 32.5. The predicted molar refractivity (Wildman–Crippen MR) is 161 cm³/mol. The summed E-state index contributed by atoms with van der Waals surface area (Å²) >= 11 is 0. The first-order valence-corrected chi connectivity index (χ1v) is 20.2. The van der Waals surface area contributed by atoms with Crippen molar-refractivity contribution in [1.82, 2.24) is 39.0 Å². The van der Waals surface area contributed by atoms with Gasteiger partial charge in [0.1, 0.15) is 60.3 Å². The summed E-state index contributed by atoms with van der Waals surface area (Å²) in [5.74, 6) is -0.0912. The minimum absolute atomic E-state index is 0. The second kappa shape index (κ2) is 17.7. The van der Waals surface area contributed by atoms with Crippen LogP contribution in [-0.4, -0.2) is 119 Å². The zero-order chi connectivity index (χ0) is 38.7. The van der Waals surface area contributed by atoms with E-state index in [4.69, 9.17) is 34.9 Å². The molecule has 0 radical (unpaired) electrons. The molecule has 55 heavy (non-hydrogen) atoms. The number of aliphatic hydroxyl groups excluding tert-OH is 3. The van der Waals surface area contributed by atoms with Crippen molar-refractivity contribution in [2.24, 2.45) is 0 Å². The summed E-state index contributed by atoms with van der Waals surface area (Å²) in [6, 6.07) is 0. The molecule has 0 bridgehead atoms. The summed E-state index contributed by atoms with van der Waals surface area (Å²) in [5.41, 5.74) is 11.8. The first-order valence-electron chi connectivity index (χ1n) is 14.3. The Labute approximate surface area is 349 Å². The average molecular weight is 880 g/mol. The van der Waals surface area contributed by atoms with E-state index >= 15 is 0 Å². The van der Waals surface area contributed by atoms with Crippen LogP contribution in [0.3, 0.4) is 0 Å². The van der Waals surface area contributed by atoms with Crippen LogP contribution in [0.5, 0.6) is 0 Å². The van der Waals surface area contributed by atoms with E-state index in [1.165, 1.54) is 10.9 Å². The maximum atomic E-state index is 13.2. The number of aromatic nitrogens is 8. The maximum absolute atomic E-state index is 13.2. The average Bonchev–Trinajstić information content (AvgIpc) is 3.80. The summed E-state index contributed by atoms with van der Waals surface area (Å²) in [6.07, 6.45) is -9.46. The van der Waals surface area contributed by atoms with Gasteiger partial charge in [-0.2, -0.15) is 0 Å². The van der Waals surface area contributed by atoms with E-state index in [0.717, 1.165) is 23.5 Å². The molecule has 2 saturated heterocycles. The van der Waals surface area contributed by atoms with Crippen molar-refractivity contribution in [3.63, 3.8) is 0 Å². The number of rotatable bonds is 14. The first-order chi connectivity index (χ1) is 24.7. The summed E-state index contributed by atoms with van der Waals surface area (Å²) in [4.78, 5) is 75.2. The minimum atomic E-state index is -6.25. The van der Waals surface area contributed by atoms with Gasteiger partial charge in [-0.3, -0.25) is 31.8 Å². The third kappa shape index (κ3) is 10.6. The first kappa shape index (κ1) is 46.7. The van der Waals surface area contributed by atoms with E-state index in [1.54, 1.807) is 0 Å². The Kier molecular flexibility index (Phi) is 15.0. The van der Waals surface area contributed by atoms with Gasteiger partial charge in [0.25, 0.3) is 15.6 Å². The van der Waals surface area contributed by atoms with Crippen molar-refractivity contribution in [3.05, 3.63) is 25.3 Å². The Morgan fingerprint density at radius 1 is 0.691 bits per heavy atom. The minimum Gasteiger partial charge on any atom is -0.756 e. The van der Waals surface area contributed by atoms with E-state index in [1.807, 2.05) is 0 Å². The molecule has 2 fully saturated rings. The number of fused-ring (bicyclic) bond motifs is 2. The van der Waals surface area contributed by atoms with Crippen LogP contribution in [0.15, 0.2) is 25.3 Å². The van der Waals surface area contributed by atoms with Gasteiger partial charge in [0.15, 0.2) is 35.4 Å². The van der Waals surface area contributed by atoms with E-state index < -0.39 is 93.6 Å². The second-order valence-corrected chi connectivity index (χ2v) is 16.7. The van der Waals surface area contributed by atoms with Crippen molar-refractivity contribution in [2.45, 2.75) is 49.1 Å². The number of anilines is 2. The van der Waals surface area contributed by atoms with Crippen molar-refractivity contribution < 1.29 is 149 Å². The molecule has 4 unspecified atom stereocenters. The number of aliphatic hydroxyl groups is 3. The number of phosphoric ester groups is 2. The fourth-order valence-electron chi connectivity index (χ4n) is 5.23. The van der Waals surface area contributed by atoms with Crippen LogP contribution >= 0.6 is 31.3 Å². The van der Waals surface area contributed by atoms with E-state index in [0.29, 0.717) is 0 Å². The van der Waals surface area contributed by atoms with Gasteiger partial charge >= 0.3 is 74.8 Å². The van der Waals surface area contributed by atoms with E-state index in [-0.39, 0.29) is 93.1 Å². The molecular weight excluding hydrogens is 854 g/mol. The molecule has 292 valence electrons. The molecule has 29 nitrogen and oxygen atoms in total. The van der Waals surface area contributed by atoms with Crippen LogP contribution in [0, 0.1) is 0 Å². The third-order valence-corrected chi connectivity index (χ3v) is 12.1. The zero-order valence-corrected chi connectivity index (χ0v) is 35.4. The summed E-state index contributed by atoms with van der Waals surface area (Å²) < 4.78 is 83.2. The van der Waals surface area contributed by atoms with Crippen LogP contribution < -0.4 is 80.4 Å². The number of nitrogens with two attached hydrogens (primary N) is 2. The molecule has 6 rings (SSSR count). The number of ether oxygens (including phenoxy) is 2. The van der Waals surface area contributed by atoms with Crippen molar-refractivity contribution in [2.75, 3.05) is 24.7 Å². The molecule has 0 aromatic carbocycles. The van der Waals surface area contributed by atoms with E-state index in [2.05, 4.69) is 43.0 Å². The standard InChI is InChI=1S/C20H28N10O19P4.2Na/c21-15-9-17(25-3-23-15)29(5-27-9)19-12(32)11(31)7(45-19)1-43-51(37,38)47-14-8(2-44-52(39,40)49-53(41,42)48-50(34,35)36)46-20(13(14)33)30-6-28-10-16(22)24-4-26-18(10)30;;/h3-8,11-14,19-20,31-33H,1-2H2,(H,37,38)(H,39,40)(H,41,42)(H2,21,23,25)(H2,22,24,26)(H2,34,35,36);;/q;2*+1/p-2/t7-,8-,11-,12-,13-,14-,19-,20-;;/m1../s1. The fourth-order valence-corrected chi connectivity index (χ4v) is 9.13. The number of phosphoric acid groups is 4. The molecular formula is C20H26N10Na2O19P4. The van der Waals surface area contributed by atoms with Gasteiger partial charge in [0, 0.05) is 0 Å². The number of hydrogen-bond acceptors (Lipinski definition) is 24.